The fourth-order valence-electron chi connectivity index (χ4n) is 3.74. The number of carboxylic acid groups (broad SMARTS) is 1. The van der Waals surface area contributed by atoms with E-state index < -0.39 is 5.97 Å². The van der Waals surface area contributed by atoms with Crippen molar-refractivity contribution in [3.05, 3.63) is 70.8 Å². The zero-order valence-corrected chi connectivity index (χ0v) is 12.5. The van der Waals surface area contributed by atoms with Crippen LogP contribution in [-0.4, -0.2) is 23.0 Å². The van der Waals surface area contributed by atoms with Crippen LogP contribution in [0.4, 0.5) is 0 Å². The second-order valence-corrected chi connectivity index (χ2v) is 6.36. The predicted octanol–water partition coefficient (Wildman–Crippen LogP) is 2.38. The normalized spacial score (nSPS) is 23.7. The van der Waals surface area contributed by atoms with Crippen molar-refractivity contribution in [1.82, 2.24) is 5.32 Å². The maximum atomic E-state index is 12.2. The lowest BCUT2D eigenvalue weighted by molar-refractivity contribution is -0.120. The van der Waals surface area contributed by atoms with Crippen LogP contribution in [0.5, 0.6) is 0 Å². The minimum Gasteiger partial charge on any atom is -0.478 e. The van der Waals surface area contributed by atoms with Crippen molar-refractivity contribution >= 4 is 11.9 Å². The number of fused-ring (bicyclic) bond motifs is 3. The van der Waals surface area contributed by atoms with Crippen LogP contribution in [-0.2, 0) is 17.6 Å². The highest BCUT2D eigenvalue weighted by Gasteiger charge is 2.56. The first kappa shape index (κ1) is 14.0. The number of nitrogens with one attached hydrogen (secondary N) is 1. The monoisotopic (exact) mass is 307 g/mol. The number of amides is 1. The molecule has 116 valence electrons. The van der Waals surface area contributed by atoms with Crippen molar-refractivity contribution in [2.75, 3.05) is 0 Å². The zero-order valence-electron chi connectivity index (χ0n) is 12.5. The van der Waals surface area contributed by atoms with Crippen molar-refractivity contribution < 1.29 is 14.7 Å². The Morgan fingerprint density at radius 3 is 2.57 bits per heavy atom. The molecule has 0 spiro atoms. The second-order valence-electron chi connectivity index (χ2n) is 6.36. The Hall–Kier alpha value is -2.62. The minimum absolute atomic E-state index is 0.00459. The Kier molecular flexibility index (Phi) is 3.18. The molecule has 0 bridgehead atoms. The molecule has 1 saturated carbocycles. The largest absolute Gasteiger partial charge is 0.478 e. The van der Waals surface area contributed by atoms with Crippen molar-refractivity contribution in [3.8, 4) is 0 Å². The quantitative estimate of drug-likeness (QED) is 0.911. The van der Waals surface area contributed by atoms with Crippen LogP contribution in [0.15, 0.2) is 48.5 Å². The van der Waals surface area contributed by atoms with Crippen LogP contribution in [0.1, 0.15) is 33.0 Å². The number of carbonyl (C=O) groups is 2. The Labute approximate surface area is 134 Å². The first-order chi connectivity index (χ1) is 11.1. The smallest absolute Gasteiger partial charge is 0.335 e. The average Bonchev–Trinajstić information content (AvgIpc) is 3.05. The standard InChI is InChI=1S/C19H17NO3/c21-16(9-11-5-7-12(8-6-11)19(22)23)20-18-15-10-13-3-1-2-4-14(13)17(15)18/h1-8,15,17-18H,9-10H2,(H,20,21)(H,22,23)/t15-,17+,18-/m1/s1. The molecule has 2 aromatic rings. The molecular formula is C19H17NO3. The molecule has 0 aliphatic heterocycles. The fourth-order valence-corrected chi connectivity index (χ4v) is 3.74. The van der Waals surface area contributed by atoms with E-state index in [-0.39, 0.29) is 23.9 Å². The Bertz CT molecular complexity index is 781. The zero-order chi connectivity index (χ0) is 16.0. The summed E-state index contributed by atoms with van der Waals surface area (Å²) in [5.41, 5.74) is 3.87. The lowest BCUT2D eigenvalue weighted by atomic mass is 10.0. The molecule has 1 fully saturated rings. The van der Waals surface area contributed by atoms with Crippen LogP contribution < -0.4 is 5.32 Å². The number of hydrogen-bond acceptors (Lipinski definition) is 2. The molecule has 2 aliphatic carbocycles. The van der Waals surface area contributed by atoms with Crippen LogP contribution in [0.25, 0.3) is 0 Å². The van der Waals surface area contributed by atoms with Crippen molar-refractivity contribution in [2.24, 2.45) is 5.92 Å². The summed E-state index contributed by atoms with van der Waals surface area (Å²) in [5, 5.41) is 12.0. The van der Waals surface area contributed by atoms with E-state index in [2.05, 4.69) is 29.6 Å². The summed E-state index contributed by atoms with van der Waals surface area (Å²) in [5.74, 6) is 0.0747. The van der Waals surface area contributed by atoms with E-state index in [4.69, 9.17) is 5.11 Å². The van der Waals surface area contributed by atoms with Gasteiger partial charge in [-0.2, -0.15) is 0 Å². The summed E-state index contributed by atoms with van der Waals surface area (Å²) in [6.45, 7) is 0. The van der Waals surface area contributed by atoms with Gasteiger partial charge in [0.15, 0.2) is 0 Å². The van der Waals surface area contributed by atoms with Gasteiger partial charge in [-0.25, -0.2) is 4.79 Å². The van der Waals surface area contributed by atoms with Gasteiger partial charge < -0.3 is 10.4 Å². The summed E-state index contributed by atoms with van der Waals surface area (Å²) >= 11 is 0. The van der Waals surface area contributed by atoms with Crippen LogP contribution >= 0.6 is 0 Å². The number of carboxylic acids is 1. The molecule has 23 heavy (non-hydrogen) atoms. The van der Waals surface area contributed by atoms with Crippen LogP contribution in [0.3, 0.4) is 0 Å². The summed E-state index contributed by atoms with van der Waals surface area (Å²) in [6, 6.07) is 15.2. The molecule has 1 amide bonds. The molecule has 3 atom stereocenters. The summed E-state index contributed by atoms with van der Waals surface area (Å²) in [4.78, 5) is 23.0. The molecule has 4 nitrogen and oxygen atoms in total. The van der Waals surface area contributed by atoms with Gasteiger partial charge in [0, 0.05) is 12.0 Å². The van der Waals surface area contributed by atoms with Crippen LogP contribution in [0, 0.1) is 5.92 Å². The van der Waals surface area contributed by atoms with Gasteiger partial charge >= 0.3 is 5.97 Å². The molecule has 4 heteroatoms. The van der Waals surface area contributed by atoms with E-state index in [1.54, 1.807) is 12.1 Å². The number of carbonyl (C=O) groups excluding carboxylic acids is 1. The lowest BCUT2D eigenvalue weighted by Crippen LogP contribution is -2.30. The van der Waals surface area contributed by atoms with Crippen molar-refractivity contribution in [3.63, 3.8) is 0 Å². The van der Waals surface area contributed by atoms with Gasteiger partial charge in [-0.1, -0.05) is 36.4 Å². The minimum atomic E-state index is -0.953. The maximum Gasteiger partial charge on any atom is 0.335 e. The third-order valence-electron chi connectivity index (χ3n) is 4.93. The Morgan fingerprint density at radius 2 is 1.83 bits per heavy atom. The molecule has 4 rings (SSSR count). The van der Waals surface area contributed by atoms with E-state index in [0.717, 1.165) is 12.0 Å². The van der Waals surface area contributed by atoms with E-state index in [0.29, 0.717) is 11.8 Å². The van der Waals surface area contributed by atoms with Gasteiger partial charge in [0.1, 0.15) is 0 Å². The molecule has 0 heterocycles. The third kappa shape index (κ3) is 2.50. The molecule has 2 N–H and O–H groups in total. The fraction of sp³-hybridized carbons (Fsp3) is 0.263. The van der Waals surface area contributed by atoms with E-state index in [1.807, 2.05) is 0 Å². The van der Waals surface area contributed by atoms with Gasteiger partial charge in [0.25, 0.3) is 0 Å². The van der Waals surface area contributed by atoms with Gasteiger partial charge in [-0.3, -0.25) is 4.79 Å². The highest BCUT2D eigenvalue weighted by Crippen LogP contribution is 2.56. The molecule has 2 aromatic carbocycles. The molecule has 2 aliphatic rings. The number of rotatable bonds is 4. The predicted molar refractivity (Wildman–Crippen MR) is 85.4 cm³/mol. The Morgan fingerprint density at radius 1 is 1.09 bits per heavy atom. The number of hydrogen-bond donors (Lipinski definition) is 2. The SMILES string of the molecule is O=C(Cc1ccc(C(=O)O)cc1)N[C@@H]1[C@@H]2Cc3ccccc3[C@@H]21. The topological polar surface area (TPSA) is 66.4 Å². The summed E-state index contributed by atoms with van der Waals surface area (Å²) in [7, 11) is 0. The summed E-state index contributed by atoms with van der Waals surface area (Å²) < 4.78 is 0. The molecule has 0 unspecified atom stereocenters. The number of benzene rings is 2. The molecule has 0 aromatic heterocycles. The van der Waals surface area contributed by atoms with Crippen molar-refractivity contribution in [2.45, 2.75) is 24.8 Å². The molecular weight excluding hydrogens is 290 g/mol. The lowest BCUT2D eigenvalue weighted by Gasteiger charge is -2.09. The molecule has 0 radical (unpaired) electrons. The van der Waals surface area contributed by atoms with Crippen LogP contribution in [0.2, 0.25) is 0 Å². The number of aromatic carboxylic acids is 1. The van der Waals surface area contributed by atoms with Gasteiger partial charge in [-0.15, -0.1) is 0 Å². The van der Waals surface area contributed by atoms with Gasteiger partial charge in [0.2, 0.25) is 5.91 Å². The van der Waals surface area contributed by atoms with E-state index >= 15 is 0 Å². The Balaban J connectivity index is 1.36. The van der Waals surface area contributed by atoms with Gasteiger partial charge in [-0.05, 0) is 41.2 Å². The van der Waals surface area contributed by atoms with Crippen molar-refractivity contribution in [1.29, 1.82) is 0 Å². The average molecular weight is 307 g/mol. The maximum absolute atomic E-state index is 12.2. The third-order valence-corrected chi connectivity index (χ3v) is 4.93. The summed E-state index contributed by atoms with van der Waals surface area (Å²) in [6.07, 6.45) is 1.34. The van der Waals surface area contributed by atoms with E-state index in [9.17, 15) is 9.59 Å². The van der Waals surface area contributed by atoms with Gasteiger partial charge in [0.05, 0.1) is 12.0 Å². The second kappa shape index (κ2) is 5.23. The highest BCUT2D eigenvalue weighted by molar-refractivity contribution is 5.87. The molecule has 0 saturated heterocycles. The van der Waals surface area contributed by atoms with E-state index in [1.165, 1.54) is 23.3 Å². The highest BCUT2D eigenvalue weighted by atomic mass is 16.4. The first-order valence-electron chi connectivity index (χ1n) is 7.83. The first-order valence-corrected chi connectivity index (χ1v) is 7.83.